The largest absolute Gasteiger partial charge is 0.417 e. The third-order valence-electron chi connectivity index (χ3n) is 9.55. The van der Waals surface area contributed by atoms with Crippen molar-refractivity contribution in [2.75, 3.05) is 26.7 Å². The number of hydrogen-bond acceptors (Lipinski definition) is 7. The number of Topliss-reactive ketones (excluding diaryl/α,β-unsaturated/α-hetero) is 2. The summed E-state index contributed by atoms with van der Waals surface area (Å²) < 4.78 is 1.63. The molecule has 2 aromatic rings. The monoisotopic (exact) mass is 637 g/mol. The standard InChI is InChI=1S/C35H51N5O6/c1-5-23(2)32-35(45)39-18-12-10-16-30(39)31(42)20-25(13-7-6-11-17-36-21-24(3)41)33(43)37-28(34(44)38-32)19-26-22-40(46-4)29-15-9-8-14-27(26)29/h8-9,14-15,22-23,25,28,30,32,36H,5-7,10-13,16-21H2,1-4H3,(H,37,43)(H,38,44)/t23?,25-,28+,30-,32+/m1/s1. The van der Waals surface area contributed by atoms with Crippen LogP contribution in [0.4, 0.5) is 0 Å². The van der Waals surface area contributed by atoms with Gasteiger partial charge in [0.2, 0.25) is 17.7 Å². The Morgan fingerprint density at radius 2 is 1.85 bits per heavy atom. The Bertz CT molecular complexity index is 1390. The number of fused-ring (bicyclic) bond motifs is 2. The van der Waals surface area contributed by atoms with E-state index >= 15 is 0 Å². The lowest BCUT2D eigenvalue weighted by molar-refractivity contribution is -0.147. The summed E-state index contributed by atoms with van der Waals surface area (Å²) in [5, 5.41) is 10.0. The highest BCUT2D eigenvalue weighted by molar-refractivity contribution is 5.98. The molecule has 4 rings (SSSR count). The fourth-order valence-corrected chi connectivity index (χ4v) is 6.68. The molecule has 11 heteroatoms. The van der Waals surface area contributed by atoms with E-state index in [9.17, 15) is 24.0 Å². The average Bonchev–Trinajstić information content (AvgIpc) is 3.41. The Morgan fingerprint density at radius 1 is 1.07 bits per heavy atom. The summed E-state index contributed by atoms with van der Waals surface area (Å²) in [4.78, 5) is 74.4. The first-order valence-electron chi connectivity index (χ1n) is 16.9. The van der Waals surface area contributed by atoms with Gasteiger partial charge in [-0.1, -0.05) is 51.3 Å². The highest BCUT2D eigenvalue weighted by Crippen LogP contribution is 2.27. The maximum Gasteiger partial charge on any atom is 0.246 e. The average molecular weight is 638 g/mol. The predicted molar refractivity (Wildman–Crippen MR) is 176 cm³/mol. The molecule has 1 aromatic carbocycles. The number of hydrogen-bond donors (Lipinski definition) is 3. The summed E-state index contributed by atoms with van der Waals surface area (Å²) in [7, 11) is 1.57. The fourth-order valence-electron chi connectivity index (χ4n) is 6.68. The second-order valence-corrected chi connectivity index (χ2v) is 13.0. The van der Waals surface area contributed by atoms with Gasteiger partial charge in [0.05, 0.1) is 18.1 Å². The van der Waals surface area contributed by atoms with E-state index in [0.29, 0.717) is 45.3 Å². The number of nitrogens with one attached hydrogen (secondary N) is 3. The topological polar surface area (TPSA) is 139 Å². The molecule has 2 fully saturated rings. The molecule has 0 saturated carbocycles. The Labute approximate surface area is 272 Å². The SMILES string of the molecule is CCC(C)[C@@H]1NC(=O)[C@H](Cc2cn(OC)c3ccccc23)NC(=O)[C@H](CCCCCNCC(C)=O)CC(=O)[C@H]2CCCCN2C1=O. The van der Waals surface area contributed by atoms with E-state index in [-0.39, 0.29) is 42.1 Å². The van der Waals surface area contributed by atoms with Gasteiger partial charge in [-0.3, -0.25) is 24.0 Å². The summed E-state index contributed by atoms with van der Waals surface area (Å²) >= 11 is 0. The first kappa shape index (κ1) is 35.1. The van der Waals surface area contributed by atoms with Crippen LogP contribution in [0.15, 0.2) is 30.5 Å². The van der Waals surface area contributed by atoms with E-state index in [2.05, 4.69) is 16.0 Å². The van der Waals surface area contributed by atoms with Crippen molar-refractivity contribution < 1.29 is 28.8 Å². The first-order chi connectivity index (χ1) is 22.1. The zero-order chi connectivity index (χ0) is 33.2. The van der Waals surface area contributed by atoms with Gasteiger partial charge in [0, 0.05) is 36.9 Å². The van der Waals surface area contributed by atoms with Crippen molar-refractivity contribution in [2.24, 2.45) is 11.8 Å². The van der Waals surface area contributed by atoms with Crippen molar-refractivity contribution in [2.45, 2.75) is 103 Å². The molecule has 0 bridgehead atoms. The van der Waals surface area contributed by atoms with E-state index < -0.39 is 30.0 Å². The van der Waals surface area contributed by atoms with Gasteiger partial charge in [0.15, 0.2) is 5.78 Å². The molecule has 1 aromatic heterocycles. The summed E-state index contributed by atoms with van der Waals surface area (Å²) in [6.07, 6.45) is 7.75. The number of piperidine rings is 1. The number of para-hydroxylation sites is 1. The molecule has 2 saturated heterocycles. The van der Waals surface area contributed by atoms with E-state index in [1.54, 1.807) is 23.7 Å². The molecule has 0 aliphatic carbocycles. The number of nitrogens with zero attached hydrogens (tertiary/aromatic N) is 2. The fraction of sp³-hybridized carbons (Fsp3) is 0.629. The molecule has 3 N–H and O–H groups in total. The third-order valence-corrected chi connectivity index (χ3v) is 9.55. The van der Waals surface area contributed by atoms with Gasteiger partial charge < -0.3 is 25.7 Å². The van der Waals surface area contributed by atoms with Gasteiger partial charge >= 0.3 is 0 Å². The van der Waals surface area contributed by atoms with E-state index in [0.717, 1.165) is 42.1 Å². The second-order valence-electron chi connectivity index (χ2n) is 13.0. The van der Waals surface area contributed by atoms with Crippen LogP contribution in [0.5, 0.6) is 0 Å². The van der Waals surface area contributed by atoms with Gasteiger partial charge in [-0.2, -0.15) is 4.73 Å². The number of carbonyl (C=O) groups is 5. The van der Waals surface area contributed by atoms with Crippen LogP contribution in [-0.2, 0) is 30.4 Å². The molecule has 3 amide bonds. The van der Waals surface area contributed by atoms with E-state index in [1.807, 2.05) is 44.3 Å². The lowest BCUT2D eigenvalue weighted by atomic mass is 9.87. The van der Waals surface area contributed by atoms with Crippen molar-refractivity contribution in [1.29, 1.82) is 0 Å². The molecular formula is C35H51N5O6. The van der Waals surface area contributed by atoms with Crippen LogP contribution in [0.1, 0.15) is 84.1 Å². The molecule has 3 heterocycles. The van der Waals surface area contributed by atoms with Gasteiger partial charge in [-0.15, -0.1) is 0 Å². The smallest absolute Gasteiger partial charge is 0.246 e. The van der Waals surface area contributed by atoms with Gasteiger partial charge in [-0.25, -0.2) is 0 Å². The number of carbonyl (C=O) groups excluding carboxylic acids is 5. The Kier molecular flexibility index (Phi) is 12.8. The number of amides is 3. The van der Waals surface area contributed by atoms with Crippen molar-refractivity contribution in [3.8, 4) is 0 Å². The van der Waals surface area contributed by atoms with Crippen LogP contribution >= 0.6 is 0 Å². The van der Waals surface area contributed by atoms with Crippen LogP contribution in [0, 0.1) is 11.8 Å². The number of aromatic nitrogens is 1. The molecule has 1 unspecified atom stereocenters. The molecule has 0 spiro atoms. The van der Waals surface area contributed by atoms with Crippen LogP contribution < -0.4 is 20.8 Å². The Balaban J connectivity index is 1.63. The third kappa shape index (κ3) is 8.74. The van der Waals surface area contributed by atoms with Crippen molar-refractivity contribution in [1.82, 2.24) is 25.6 Å². The lowest BCUT2D eigenvalue weighted by Gasteiger charge is -2.39. The van der Waals surface area contributed by atoms with Gasteiger partial charge in [0.25, 0.3) is 0 Å². The molecular weight excluding hydrogens is 586 g/mol. The van der Waals surface area contributed by atoms with Crippen molar-refractivity contribution >= 4 is 40.2 Å². The first-order valence-corrected chi connectivity index (χ1v) is 16.9. The summed E-state index contributed by atoms with van der Waals surface area (Å²) in [5.41, 5.74) is 1.66. The summed E-state index contributed by atoms with van der Waals surface area (Å²) in [5.74, 6) is -1.77. The van der Waals surface area contributed by atoms with Crippen LogP contribution in [0.3, 0.4) is 0 Å². The van der Waals surface area contributed by atoms with Gasteiger partial charge in [0.1, 0.15) is 25.0 Å². The summed E-state index contributed by atoms with van der Waals surface area (Å²) in [6.45, 7) is 6.94. The maximum atomic E-state index is 14.1. The van der Waals surface area contributed by atoms with Crippen LogP contribution in [0.25, 0.3) is 10.9 Å². The van der Waals surface area contributed by atoms with Crippen LogP contribution in [-0.4, -0.2) is 83.8 Å². The zero-order valence-corrected chi connectivity index (χ0v) is 27.8. The highest BCUT2D eigenvalue weighted by Gasteiger charge is 2.40. The van der Waals surface area contributed by atoms with Crippen molar-refractivity contribution in [3.63, 3.8) is 0 Å². The minimum absolute atomic E-state index is 0.0220. The predicted octanol–water partition coefficient (Wildman–Crippen LogP) is 2.97. The molecule has 252 valence electrons. The number of ketones is 2. The minimum Gasteiger partial charge on any atom is -0.417 e. The summed E-state index contributed by atoms with van der Waals surface area (Å²) in [6, 6.07) is 5.32. The number of rotatable bonds is 13. The second kappa shape index (κ2) is 16.7. The van der Waals surface area contributed by atoms with Crippen LogP contribution in [0.2, 0.25) is 0 Å². The van der Waals surface area contributed by atoms with E-state index in [1.165, 1.54) is 0 Å². The number of benzene rings is 1. The zero-order valence-electron chi connectivity index (χ0n) is 27.8. The molecule has 2 aliphatic heterocycles. The Hall–Kier alpha value is -3.73. The highest BCUT2D eigenvalue weighted by atomic mass is 16.6. The lowest BCUT2D eigenvalue weighted by Crippen LogP contribution is -2.61. The molecule has 11 nitrogen and oxygen atoms in total. The Morgan fingerprint density at radius 3 is 2.59 bits per heavy atom. The minimum atomic E-state index is -0.965. The van der Waals surface area contributed by atoms with Crippen molar-refractivity contribution in [3.05, 3.63) is 36.0 Å². The normalized spacial score (nSPS) is 23.6. The molecule has 46 heavy (non-hydrogen) atoms. The molecule has 2 aliphatic rings. The molecule has 0 radical (unpaired) electrons. The quantitative estimate of drug-likeness (QED) is 0.287. The maximum absolute atomic E-state index is 14.1. The van der Waals surface area contributed by atoms with Gasteiger partial charge in [-0.05, 0) is 63.1 Å². The van der Waals surface area contributed by atoms with E-state index in [4.69, 9.17) is 4.84 Å². The molecule has 5 atom stereocenters. The number of unbranched alkanes of at least 4 members (excludes halogenated alkanes) is 2.